The van der Waals surface area contributed by atoms with Crippen molar-refractivity contribution in [3.63, 3.8) is 0 Å². The average molecular weight is 333 g/mol. The number of benzene rings is 2. The van der Waals surface area contributed by atoms with Crippen molar-refractivity contribution in [2.45, 2.75) is 32.7 Å². The summed E-state index contributed by atoms with van der Waals surface area (Å²) in [7, 11) is 0. The van der Waals surface area contributed by atoms with E-state index in [-0.39, 0.29) is 5.91 Å². The molecule has 4 rings (SSSR count). The van der Waals surface area contributed by atoms with E-state index in [4.69, 9.17) is 4.98 Å². The fraction of sp³-hybridized carbons (Fsp3) is 0.333. The minimum absolute atomic E-state index is 0.0304. The van der Waals surface area contributed by atoms with Gasteiger partial charge >= 0.3 is 0 Å². The van der Waals surface area contributed by atoms with Crippen LogP contribution in [0, 0.1) is 5.92 Å². The highest BCUT2D eigenvalue weighted by Crippen LogP contribution is 2.25. The number of hydrogen-bond acceptors (Lipinski definition) is 2. The van der Waals surface area contributed by atoms with Crippen molar-refractivity contribution in [2.24, 2.45) is 5.92 Å². The Morgan fingerprint density at radius 2 is 2.08 bits per heavy atom. The highest BCUT2D eigenvalue weighted by Gasteiger charge is 2.19. The van der Waals surface area contributed by atoms with Gasteiger partial charge in [-0.1, -0.05) is 37.3 Å². The van der Waals surface area contributed by atoms with Crippen LogP contribution in [0.15, 0.2) is 48.5 Å². The van der Waals surface area contributed by atoms with Crippen LogP contribution < -0.4 is 5.32 Å². The Bertz CT molecular complexity index is 898. The van der Waals surface area contributed by atoms with Gasteiger partial charge in [-0.25, -0.2) is 4.98 Å². The second-order valence-corrected chi connectivity index (χ2v) is 6.97. The summed E-state index contributed by atoms with van der Waals surface area (Å²) in [6.07, 6.45) is 3.05. The molecule has 0 fully saturated rings. The number of imidazole rings is 1. The number of fused-ring (bicyclic) bond motifs is 3. The molecule has 4 nitrogen and oxygen atoms in total. The SMILES string of the molecule is CC1CCn2c(nc3cc(C(=O)NCCc4ccccc4)ccc32)C1. The van der Waals surface area contributed by atoms with E-state index in [0.717, 1.165) is 36.2 Å². The number of rotatable bonds is 4. The van der Waals surface area contributed by atoms with Gasteiger partial charge in [0.05, 0.1) is 11.0 Å². The van der Waals surface area contributed by atoms with Crippen LogP contribution in [0.4, 0.5) is 0 Å². The molecular weight excluding hydrogens is 310 g/mol. The molecule has 2 aromatic carbocycles. The Hall–Kier alpha value is -2.62. The fourth-order valence-electron chi connectivity index (χ4n) is 3.56. The van der Waals surface area contributed by atoms with Gasteiger partial charge in [0.25, 0.3) is 5.91 Å². The second-order valence-electron chi connectivity index (χ2n) is 6.97. The van der Waals surface area contributed by atoms with E-state index >= 15 is 0 Å². The molecule has 1 unspecified atom stereocenters. The molecule has 128 valence electrons. The number of nitrogens with zero attached hydrogens (tertiary/aromatic N) is 2. The summed E-state index contributed by atoms with van der Waals surface area (Å²) in [6.45, 7) is 3.93. The first-order chi connectivity index (χ1) is 12.2. The Balaban J connectivity index is 1.47. The number of amides is 1. The average Bonchev–Trinajstić information content (AvgIpc) is 2.99. The van der Waals surface area contributed by atoms with Gasteiger partial charge in [0, 0.05) is 25.1 Å². The molecule has 0 spiro atoms. The Labute approximate surface area is 147 Å². The van der Waals surface area contributed by atoms with Crippen molar-refractivity contribution >= 4 is 16.9 Å². The van der Waals surface area contributed by atoms with E-state index < -0.39 is 0 Å². The number of carbonyl (C=O) groups is 1. The lowest BCUT2D eigenvalue weighted by atomic mass is 10.0. The topological polar surface area (TPSA) is 46.9 Å². The first-order valence-corrected chi connectivity index (χ1v) is 9.02. The number of aromatic nitrogens is 2. The Morgan fingerprint density at radius 1 is 1.24 bits per heavy atom. The van der Waals surface area contributed by atoms with Crippen LogP contribution in [0.2, 0.25) is 0 Å². The lowest BCUT2D eigenvalue weighted by Crippen LogP contribution is -2.25. The van der Waals surface area contributed by atoms with Gasteiger partial charge < -0.3 is 9.88 Å². The molecule has 25 heavy (non-hydrogen) atoms. The van der Waals surface area contributed by atoms with E-state index in [1.807, 2.05) is 36.4 Å². The highest BCUT2D eigenvalue weighted by atomic mass is 16.1. The van der Waals surface area contributed by atoms with Crippen LogP contribution in [0.5, 0.6) is 0 Å². The number of nitrogens with one attached hydrogen (secondary N) is 1. The fourth-order valence-corrected chi connectivity index (χ4v) is 3.56. The molecule has 1 amide bonds. The third-order valence-corrected chi connectivity index (χ3v) is 5.01. The molecule has 1 atom stereocenters. The maximum absolute atomic E-state index is 12.4. The molecule has 0 saturated carbocycles. The highest BCUT2D eigenvalue weighted by molar-refractivity contribution is 5.97. The molecule has 0 radical (unpaired) electrons. The zero-order chi connectivity index (χ0) is 17.2. The third kappa shape index (κ3) is 3.29. The van der Waals surface area contributed by atoms with Crippen molar-refractivity contribution in [1.82, 2.24) is 14.9 Å². The second kappa shape index (κ2) is 6.71. The summed E-state index contributed by atoms with van der Waals surface area (Å²) in [4.78, 5) is 17.2. The predicted molar refractivity (Wildman–Crippen MR) is 99.7 cm³/mol. The molecule has 1 N–H and O–H groups in total. The summed E-state index contributed by atoms with van der Waals surface area (Å²) >= 11 is 0. The van der Waals surface area contributed by atoms with Crippen LogP contribution in [-0.2, 0) is 19.4 Å². The van der Waals surface area contributed by atoms with Crippen LogP contribution in [0.25, 0.3) is 11.0 Å². The molecule has 1 aromatic heterocycles. The van der Waals surface area contributed by atoms with E-state index in [0.29, 0.717) is 18.0 Å². The quantitative estimate of drug-likeness (QED) is 0.793. The van der Waals surface area contributed by atoms with E-state index in [9.17, 15) is 4.79 Å². The van der Waals surface area contributed by atoms with Gasteiger partial charge in [-0.3, -0.25) is 4.79 Å². The maximum Gasteiger partial charge on any atom is 0.251 e. The summed E-state index contributed by atoms with van der Waals surface area (Å²) < 4.78 is 2.30. The van der Waals surface area contributed by atoms with Gasteiger partial charge in [0.2, 0.25) is 0 Å². The molecule has 0 aliphatic carbocycles. The molecular formula is C21H23N3O. The Morgan fingerprint density at radius 3 is 2.92 bits per heavy atom. The van der Waals surface area contributed by atoms with Crippen LogP contribution in [0.1, 0.15) is 35.1 Å². The number of hydrogen-bond donors (Lipinski definition) is 1. The van der Waals surface area contributed by atoms with Gasteiger partial charge in [0.1, 0.15) is 5.82 Å². The minimum Gasteiger partial charge on any atom is -0.352 e. The zero-order valence-electron chi connectivity index (χ0n) is 14.5. The third-order valence-electron chi connectivity index (χ3n) is 5.01. The first-order valence-electron chi connectivity index (χ1n) is 9.02. The number of carbonyl (C=O) groups excluding carboxylic acids is 1. The van der Waals surface area contributed by atoms with Crippen LogP contribution in [0.3, 0.4) is 0 Å². The van der Waals surface area contributed by atoms with Crippen molar-refractivity contribution in [3.8, 4) is 0 Å². The van der Waals surface area contributed by atoms with Gasteiger partial charge in [-0.15, -0.1) is 0 Å². The molecule has 0 bridgehead atoms. The summed E-state index contributed by atoms with van der Waals surface area (Å²) in [5.74, 6) is 1.80. The smallest absolute Gasteiger partial charge is 0.251 e. The predicted octanol–water partition coefficient (Wildman–Crippen LogP) is 3.59. The Kier molecular flexibility index (Phi) is 4.26. The van der Waals surface area contributed by atoms with E-state index in [1.165, 1.54) is 12.0 Å². The largest absolute Gasteiger partial charge is 0.352 e. The monoisotopic (exact) mass is 333 g/mol. The van der Waals surface area contributed by atoms with Gasteiger partial charge in [0.15, 0.2) is 0 Å². The van der Waals surface area contributed by atoms with Gasteiger partial charge in [-0.2, -0.15) is 0 Å². The van der Waals surface area contributed by atoms with E-state index in [1.54, 1.807) is 0 Å². The first kappa shape index (κ1) is 15.9. The lowest BCUT2D eigenvalue weighted by molar-refractivity contribution is 0.0954. The van der Waals surface area contributed by atoms with Crippen molar-refractivity contribution in [2.75, 3.05) is 6.54 Å². The minimum atomic E-state index is -0.0304. The van der Waals surface area contributed by atoms with Crippen LogP contribution in [-0.4, -0.2) is 22.0 Å². The van der Waals surface area contributed by atoms with Crippen molar-refractivity contribution in [1.29, 1.82) is 0 Å². The molecule has 0 saturated heterocycles. The van der Waals surface area contributed by atoms with Crippen LogP contribution >= 0.6 is 0 Å². The molecule has 4 heteroatoms. The molecule has 1 aliphatic rings. The summed E-state index contributed by atoms with van der Waals surface area (Å²) in [5, 5.41) is 3.01. The molecule has 2 heterocycles. The standard InChI is InChI=1S/C21H23N3O/c1-15-10-12-24-19-8-7-17(14-18(19)23-20(24)13-15)21(25)22-11-9-16-5-3-2-4-6-16/h2-8,14-15H,9-13H2,1H3,(H,22,25). The van der Waals surface area contributed by atoms with Crippen molar-refractivity contribution < 1.29 is 4.79 Å². The van der Waals surface area contributed by atoms with Crippen molar-refractivity contribution in [3.05, 3.63) is 65.5 Å². The summed E-state index contributed by atoms with van der Waals surface area (Å²) in [6, 6.07) is 16.1. The normalized spacial score (nSPS) is 16.6. The zero-order valence-corrected chi connectivity index (χ0v) is 14.5. The molecule has 3 aromatic rings. The maximum atomic E-state index is 12.4. The van der Waals surface area contributed by atoms with Gasteiger partial charge in [-0.05, 0) is 42.5 Å². The summed E-state index contributed by atoms with van der Waals surface area (Å²) in [5.41, 5.74) is 3.99. The van der Waals surface area contributed by atoms with E-state index in [2.05, 4.69) is 28.9 Å². The number of aryl methyl sites for hydroxylation is 1. The molecule has 1 aliphatic heterocycles. The lowest BCUT2D eigenvalue weighted by Gasteiger charge is -2.19.